The van der Waals surface area contributed by atoms with Crippen molar-refractivity contribution in [2.75, 3.05) is 34.5 Å². The molecule has 11 heavy (non-hydrogen) atoms. The van der Waals surface area contributed by atoms with Crippen LogP contribution in [-0.4, -0.2) is 34.5 Å². The molecular weight excluding hydrogens is 192 g/mol. The van der Waals surface area contributed by atoms with Gasteiger partial charge in [0, 0.05) is 11.5 Å². The predicted octanol–water partition coefficient (Wildman–Crippen LogP) is 2.98. The van der Waals surface area contributed by atoms with E-state index >= 15 is 0 Å². The summed E-state index contributed by atoms with van der Waals surface area (Å²) >= 11 is 6.39. The van der Waals surface area contributed by atoms with Gasteiger partial charge >= 0.3 is 0 Å². The van der Waals surface area contributed by atoms with Crippen LogP contribution in [0.2, 0.25) is 0 Å². The van der Waals surface area contributed by atoms with Gasteiger partial charge in [0.15, 0.2) is 0 Å². The first kappa shape index (κ1) is 10.1. The van der Waals surface area contributed by atoms with Crippen molar-refractivity contribution < 1.29 is 0 Å². The smallest absolute Gasteiger partial charge is 0.00235 e. The lowest BCUT2D eigenvalue weighted by Crippen LogP contribution is -1.87. The maximum absolute atomic E-state index is 2.13. The number of thioether (sulfide) groups is 3. The third-order valence-corrected chi connectivity index (χ3v) is 5.08. The Kier molecular flexibility index (Phi) is 7.08. The van der Waals surface area contributed by atoms with Gasteiger partial charge in [-0.2, -0.15) is 35.3 Å². The lowest BCUT2D eigenvalue weighted by atomic mass is 10.6. The number of rotatable bonds is 0. The molecule has 1 aliphatic rings. The van der Waals surface area contributed by atoms with Crippen molar-refractivity contribution >= 4 is 35.3 Å². The molecule has 0 radical (unpaired) electrons. The summed E-state index contributed by atoms with van der Waals surface area (Å²) in [5, 5.41) is 0. The van der Waals surface area contributed by atoms with Gasteiger partial charge in [0.05, 0.1) is 0 Å². The van der Waals surface area contributed by atoms with Crippen molar-refractivity contribution in [1.29, 1.82) is 0 Å². The second-order valence-electron chi connectivity index (χ2n) is 2.54. The molecule has 0 amide bonds. The van der Waals surface area contributed by atoms with Crippen molar-refractivity contribution in [1.82, 2.24) is 0 Å². The summed E-state index contributed by atoms with van der Waals surface area (Å²) in [6, 6.07) is 0. The molecule has 1 fully saturated rings. The zero-order valence-corrected chi connectivity index (χ0v) is 9.33. The van der Waals surface area contributed by atoms with Crippen LogP contribution in [0.3, 0.4) is 0 Å². The Labute approximate surface area is 82.7 Å². The molecule has 0 spiro atoms. The monoisotopic (exact) mass is 208 g/mol. The quantitative estimate of drug-likeness (QED) is 0.601. The van der Waals surface area contributed by atoms with Crippen molar-refractivity contribution in [3.8, 4) is 0 Å². The van der Waals surface area contributed by atoms with Crippen LogP contribution in [0, 0.1) is 0 Å². The van der Waals surface area contributed by atoms with Crippen LogP contribution in [0.15, 0.2) is 0 Å². The van der Waals surface area contributed by atoms with Crippen LogP contribution in [0.25, 0.3) is 0 Å². The fraction of sp³-hybridized carbons (Fsp3) is 1.00. The molecule has 0 aliphatic carbocycles. The Hall–Kier alpha value is 1.05. The Morgan fingerprint density at radius 2 is 0.818 bits per heavy atom. The summed E-state index contributed by atoms with van der Waals surface area (Å²) in [5.41, 5.74) is 0. The molecule has 0 nitrogen and oxygen atoms in total. The molecule has 0 N–H and O–H groups in total. The third kappa shape index (κ3) is 6.23. The average Bonchev–Trinajstić information content (AvgIpc) is 2.08. The van der Waals surface area contributed by atoms with E-state index < -0.39 is 0 Å². The van der Waals surface area contributed by atoms with Crippen LogP contribution in [0.4, 0.5) is 0 Å². The Bertz CT molecular complexity index is 47.4. The highest BCUT2D eigenvalue weighted by atomic mass is 32.2. The molecule has 0 bridgehead atoms. The highest BCUT2D eigenvalue weighted by Gasteiger charge is 1.96. The Balaban J connectivity index is 2.02. The second-order valence-corrected chi connectivity index (χ2v) is 6.22. The van der Waals surface area contributed by atoms with Crippen LogP contribution in [-0.2, 0) is 0 Å². The summed E-state index contributed by atoms with van der Waals surface area (Å²) < 4.78 is 0. The summed E-state index contributed by atoms with van der Waals surface area (Å²) in [4.78, 5) is 0. The predicted molar refractivity (Wildman–Crippen MR) is 61.2 cm³/mol. The van der Waals surface area contributed by atoms with Crippen LogP contribution in [0.1, 0.15) is 12.8 Å². The molecular formula is C8H16S3. The Morgan fingerprint density at radius 3 is 1.27 bits per heavy atom. The van der Waals surface area contributed by atoms with Crippen LogP contribution >= 0.6 is 35.3 Å². The average molecular weight is 208 g/mol. The molecule has 1 rings (SSSR count). The van der Waals surface area contributed by atoms with E-state index in [1.807, 2.05) is 0 Å². The Morgan fingerprint density at radius 1 is 0.455 bits per heavy atom. The van der Waals surface area contributed by atoms with Gasteiger partial charge in [0.2, 0.25) is 0 Å². The molecule has 0 aromatic rings. The highest BCUT2D eigenvalue weighted by Crippen LogP contribution is 2.15. The highest BCUT2D eigenvalue weighted by molar-refractivity contribution is 8.03. The van der Waals surface area contributed by atoms with Gasteiger partial charge in [0.1, 0.15) is 0 Å². The van der Waals surface area contributed by atoms with Gasteiger partial charge in [0.25, 0.3) is 0 Å². The van der Waals surface area contributed by atoms with E-state index in [0.29, 0.717) is 0 Å². The van der Waals surface area contributed by atoms with Gasteiger partial charge in [-0.25, -0.2) is 0 Å². The zero-order chi connectivity index (χ0) is 7.78. The molecule has 0 aromatic heterocycles. The standard InChI is InChI=1S/C8H16S3/c1-3-9-4-2-6-11-8-7-10-5-1/h1-8H2. The molecule has 0 saturated carbocycles. The van der Waals surface area contributed by atoms with Crippen LogP contribution < -0.4 is 0 Å². The van der Waals surface area contributed by atoms with Gasteiger partial charge in [-0.1, -0.05) is 0 Å². The molecule has 1 aliphatic heterocycles. The second kappa shape index (κ2) is 7.69. The summed E-state index contributed by atoms with van der Waals surface area (Å²) in [6.07, 6.45) is 2.83. The van der Waals surface area contributed by atoms with Gasteiger partial charge in [-0.3, -0.25) is 0 Å². The first-order valence-corrected chi connectivity index (χ1v) is 7.70. The summed E-state index contributed by atoms with van der Waals surface area (Å²) in [6.45, 7) is 0. The van der Waals surface area contributed by atoms with Gasteiger partial charge < -0.3 is 0 Å². The number of hydrogen-bond donors (Lipinski definition) is 0. The largest absolute Gasteiger partial charge is 0.162 e. The SMILES string of the molecule is C1CSCCCSCCSC1. The van der Waals surface area contributed by atoms with Crippen molar-refractivity contribution in [3.05, 3.63) is 0 Å². The fourth-order valence-electron chi connectivity index (χ4n) is 0.950. The minimum Gasteiger partial charge on any atom is -0.162 e. The lowest BCUT2D eigenvalue weighted by molar-refractivity contribution is 1.09. The normalized spacial score (nSPS) is 24.0. The number of hydrogen-bond acceptors (Lipinski definition) is 3. The van der Waals surface area contributed by atoms with E-state index in [9.17, 15) is 0 Å². The molecule has 0 unspecified atom stereocenters. The maximum atomic E-state index is 2.13. The van der Waals surface area contributed by atoms with E-state index in [1.165, 1.54) is 47.4 Å². The van der Waals surface area contributed by atoms with Gasteiger partial charge in [-0.15, -0.1) is 0 Å². The van der Waals surface area contributed by atoms with E-state index in [2.05, 4.69) is 35.3 Å². The topological polar surface area (TPSA) is 0 Å². The van der Waals surface area contributed by atoms with E-state index in [0.717, 1.165) is 0 Å². The fourth-order valence-corrected chi connectivity index (χ4v) is 4.26. The first-order valence-electron chi connectivity index (χ1n) is 4.23. The molecule has 0 atom stereocenters. The molecule has 0 aromatic carbocycles. The van der Waals surface area contributed by atoms with E-state index in [-0.39, 0.29) is 0 Å². The zero-order valence-electron chi connectivity index (χ0n) is 6.88. The third-order valence-electron chi connectivity index (χ3n) is 1.53. The summed E-state index contributed by atoms with van der Waals surface area (Å²) in [7, 11) is 0. The first-order chi connectivity index (χ1) is 5.50. The minimum atomic E-state index is 1.37. The van der Waals surface area contributed by atoms with Crippen molar-refractivity contribution in [3.63, 3.8) is 0 Å². The molecule has 3 heteroatoms. The maximum Gasteiger partial charge on any atom is 0.00235 e. The van der Waals surface area contributed by atoms with Crippen LogP contribution in [0.5, 0.6) is 0 Å². The molecule has 1 saturated heterocycles. The van der Waals surface area contributed by atoms with Gasteiger partial charge in [-0.05, 0) is 35.9 Å². The molecule has 1 heterocycles. The molecule has 66 valence electrons. The van der Waals surface area contributed by atoms with E-state index in [4.69, 9.17) is 0 Å². The minimum absolute atomic E-state index is 1.37. The van der Waals surface area contributed by atoms with E-state index in [1.54, 1.807) is 0 Å². The summed E-state index contributed by atoms with van der Waals surface area (Å²) in [5.74, 6) is 8.28. The van der Waals surface area contributed by atoms with Crippen molar-refractivity contribution in [2.24, 2.45) is 0 Å². The van der Waals surface area contributed by atoms with Crippen molar-refractivity contribution in [2.45, 2.75) is 12.8 Å². The lowest BCUT2D eigenvalue weighted by Gasteiger charge is -1.97.